The number of benzene rings is 2. The number of oxazole rings is 1. The first-order chi connectivity index (χ1) is 11.5. The molecule has 2 aromatic carbocycles. The molecule has 0 atom stereocenters. The molecule has 0 aliphatic rings. The SMILES string of the molecule is C=CCn1c(=O)oc2ccc(C(=O)Nc3cccc(Cl)c3C)cc21. The van der Waals surface area contributed by atoms with Crippen LogP contribution in [0.25, 0.3) is 11.1 Å². The zero-order valence-electron chi connectivity index (χ0n) is 13.0. The van der Waals surface area contributed by atoms with Crippen molar-refractivity contribution in [1.82, 2.24) is 4.57 Å². The van der Waals surface area contributed by atoms with Crippen LogP contribution >= 0.6 is 11.6 Å². The smallest absolute Gasteiger partial charge is 0.408 e. The van der Waals surface area contributed by atoms with Gasteiger partial charge in [-0.2, -0.15) is 0 Å². The van der Waals surface area contributed by atoms with Crippen molar-refractivity contribution in [3.05, 3.63) is 75.8 Å². The first-order valence-corrected chi connectivity index (χ1v) is 7.70. The number of anilines is 1. The van der Waals surface area contributed by atoms with Crippen molar-refractivity contribution in [1.29, 1.82) is 0 Å². The molecule has 0 saturated heterocycles. The Morgan fingerprint density at radius 1 is 1.38 bits per heavy atom. The highest BCUT2D eigenvalue weighted by molar-refractivity contribution is 6.31. The summed E-state index contributed by atoms with van der Waals surface area (Å²) in [4.78, 5) is 24.3. The van der Waals surface area contributed by atoms with Gasteiger partial charge in [0.25, 0.3) is 5.91 Å². The number of hydrogen-bond donors (Lipinski definition) is 1. The van der Waals surface area contributed by atoms with Gasteiger partial charge in [0.15, 0.2) is 5.58 Å². The lowest BCUT2D eigenvalue weighted by Crippen LogP contribution is -2.14. The van der Waals surface area contributed by atoms with E-state index in [1.54, 1.807) is 42.5 Å². The van der Waals surface area contributed by atoms with Gasteiger partial charge in [0.2, 0.25) is 0 Å². The fraction of sp³-hybridized carbons (Fsp3) is 0.111. The van der Waals surface area contributed by atoms with Gasteiger partial charge in [-0.05, 0) is 42.8 Å². The van der Waals surface area contributed by atoms with Gasteiger partial charge in [0, 0.05) is 22.8 Å². The van der Waals surface area contributed by atoms with Gasteiger partial charge in [-0.1, -0.05) is 23.7 Å². The van der Waals surface area contributed by atoms with E-state index in [-0.39, 0.29) is 5.91 Å². The summed E-state index contributed by atoms with van der Waals surface area (Å²) in [5.74, 6) is -0.769. The number of nitrogens with zero attached hydrogens (tertiary/aromatic N) is 1. The van der Waals surface area contributed by atoms with Crippen LogP contribution in [0.4, 0.5) is 5.69 Å². The fourth-order valence-corrected chi connectivity index (χ4v) is 2.62. The Morgan fingerprint density at radius 3 is 2.92 bits per heavy atom. The summed E-state index contributed by atoms with van der Waals surface area (Å²) in [6, 6.07) is 10.2. The maximum Gasteiger partial charge on any atom is 0.420 e. The van der Waals surface area contributed by atoms with Crippen LogP contribution < -0.4 is 11.1 Å². The molecule has 0 aliphatic heterocycles. The number of halogens is 1. The van der Waals surface area contributed by atoms with Crippen molar-refractivity contribution in [2.24, 2.45) is 0 Å². The third-order valence-corrected chi connectivity index (χ3v) is 4.17. The molecule has 0 aliphatic carbocycles. The van der Waals surface area contributed by atoms with E-state index in [2.05, 4.69) is 11.9 Å². The van der Waals surface area contributed by atoms with E-state index >= 15 is 0 Å². The van der Waals surface area contributed by atoms with Gasteiger partial charge in [-0.15, -0.1) is 6.58 Å². The van der Waals surface area contributed by atoms with E-state index in [1.807, 2.05) is 6.92 Å². The van der Waals surface area contributed by atoms with Crippen LogP contribution in [0.5, 0.6) is 0 Å². The Labute approximate surface area is 143 Å². The largest absolute Gasteiger partial charge is 0.420 e. The summed E-state index contributed by atoms with van der Waals surface area (Å²) >= 11 is 6.07. The van der Waals surface area contributed by atoms with Crippen molar-refractivity contribution in [2.45, 2.75) is 13.5 Å². The third kappa shape index (κ3) is 2.86. The number of carbonyl (C=O) groups excluding carboxylic acids is 1. The van der Waals surface area contributed by atoms with Crippen molar-refractivity contribution in [2.75, 3.05) is 5.32 Å². The molecule has 0 saturated carbocycles. The summed E-state index contributed by atoms with van der Waals surface area (Å²) in [6.45, 7) is 5.76. The van der Waals surface area contributed by atoms with Crippen LogP contribution in [-0.2, 0) is 6.54 Å². The summed E-state index contributed by atoms with van der Waals surface area (Å²) in [7, 11) is 0. The van der Waals surface area contributed by atoms with Gasteiger partial charge in [-0.25, -0.2) is 4.79 Å². The summed E-state index contributed by atoms with van der Waals surface area (Å²) < 4.78 is 6.57. The lowest BCUT2D eigenvalue weighted by atomic mass is 10.1. The number of nitrogens with one attached hydrogen (secondary N) is 1. The molecular formula is C18H15ClN2O3. The molecule has 6 heteroatoms. The van der Waals surface area contributed by atoms with Crippen LogP contribution in [0.2, 0.25) is 5.02 Å². The Bertz CT molecular complexity index is 1000. The van der Waals surface area contributed by atoms with Crippen LogP contribution in [0.1, 0.15) is 15.9 Å². The predicted octanol–water partition coefficient (Wildman–Crippen LogP) is 3.99. The first-order valence-electron chi connectivity index (χ1n) is 7.32. The van der Waals surface area contributed by atoms with E-state index in [1.165, 1.54) is 4.57 Å². The molecule has 3 rings (SSSR count). The minimum atomic E-state index is -0.479. The van der Waals surface area contributed by atoms with E-state index in [0.717, 1.165) is 5.56 Å². The highest BCUT2D eigenvalue weighted by atomic mass is 35.5. The Morgan fingerprint density at radius 2 is 2.17 bits per heavy atom. The van der Waals surface area contributed by atoms with E-state index in [0.29, 0.717) is 33.9 Å². The normalized spacial score (nSPS) is 10.8. The molecule has 3 aromatic rings. The second-order valence-electron chi connectivity index (χ2n) is 5.32. The van der Waals surface area contributed by atoms with Crippen LogP contribution in [0.15, 0.2) is 58.3 Å². The zero-order chi connectivity index (χ0) is 17.3. The van der Waals surface area contributed by atoms with Crippen molar-refractivity contribution in [3.8, 4) is 0 Å². The molecule has 1 amide bonds. The topological polar surface area (TPSA) is 64.2 Å². The van der Waals surface area contributed by atoms with Crippen LogP contribution in [0.3, 0.4) is 0 Å². The van der Waals surface area contributed by atoms with E-state index in [4.69, 9.17) is 16.0 Å². The highest BCUT2D eigenvalue weighted by Gasteiger charge is 2.13. The minimum absolute atomic E-state index is 0.291. The number of allylic oxidation sites excluding steroid dienone is 1. The lowest BCUT2D eigenvalue weighted by Gasteiger charge is -2.09. The van der Waals surface area contributed by atoms with Crippen LogP contribution in [-0.4, -0.2) is 10.5 Å². The van der Waals surface area contributed by atoms with E-state index < -0.39 is 5.76 Å². The average molecular weight is 343 g/mol. The number of fused-ring (bicyclic) bond motifs is 1. The second-order valence-corrected chi connectivity index (χ2v) is 5.72. The first kappa shape index (κ1) is 16.1. The lowest BCUT2D eigenvalue weighted by molar-refractivity contribution is 0.102. The molecule has 0 radical (unpaired) electrons. The molecular weight excluding hydrogens is 328 g/mol. The van der Waals surface area contributed by atoms with Crippen molar-refractivity contribution >= 4 is 34.3 Å². The van der Waals surface area contributed by atoms with Gasteiger partial charge in [0.1, 0.15) is 0 Å². The number of aromatic nitrogens is 1. The van der Waals surface area contributed by atoms with Gasteiger partial charge in [0.05, 0.1) is 5.52 Å². The molecule has 1 N–H and O–H groups in total. The molecule has 24 heavy (non-hydrogen) atoms. The molecule has 0 spiro atoms. The second kappa shape index (κ2) is 6.37. The van der Waals surface area contributed by atoms with Gasteiger partial charge in [-0.3, -0.25) is 9.36 Å². The number of amides is 1. The molecule has 122 valence electrons. The van der Waals surface area contributed by atoms with Gasteiger partial charge < -0.3 is 9.73 Å². The summed E-state index contributed by atoms with van der Waals surface area (Å²) in [5, 5.41) is 3.41. The number of carbonyl (C=O) groups is 1. The molecule has 1 aromatic heterocycles. The Kier molecular flexibility index (Phi) is 4.27. The molecule has 5 nitrogen and oxygen atoms in total. The highest BCUT2D eigenvalue weighted by Crippen LogP contribution is 2.24. The van der Waals surface area contributed by atoms with Crippen LogP contribution in [0, 0.1) is 6.92 Å². The summed E-state index contributed by atoms with van der Waals surface area (Å²) in [5.41, 5.74) is 2.83. The third-order valence-electron chi connectivity index (χ3n) is 3.76. The van der Waals surface area contributed by atoms with E-state index in [9.17, 15) is 9.59 Å². The molecule has 1 heterocycles. The summed E-state index contributed by atoms with van der Waals surface area (Å²) in [6.07, 6.45) is 1.60. The minimum Gasteiger partial charge on any atom is -0.408 e. The maximum absolute atomic E-state index is 12.5. The predicted molar refractivity (Wildman–Crippen MR) is 94.8 cm³/mol. The molecule has 0 fully saturated rings. The molecule has 0 bridgehead atoms. The van der Waals surface area contributed by atoms with Gasteiger partial charge >= 0.3 is 5.76 Å². The number of rotatable bonds is 4. The zero-order valence-corrected chi connectivity index (χ0v) is 13.8. The number of hydrogen-bond acceptors (Lipinski definition) is 3. The fourth-order valence-electron chi connectivity index (χ4n) is 2.44. The monoisotopic (exact) mass is 342 g/mol. The maximum atomic E-state index is 12.5. The molecule has 0 unspecified atom stereocenters. The van der Waals surface area contributed by atoms with Crippen molar-refractivity contribution < 1.29 is 9.21 Å². The van der Waals surface area contributed by atoms with Crippen molar-refractivity contribution in [3.63, 3.8) is 0 Å². The Hall–Kier alpha value is -2.79. The average Bonchev–Trinajstić information content (AvgIpc) is 2.87. The standard InChI is InChI=1S/C18H15ClN2O3/c1-3-9-21-15-10-12(7-8-16(15)24-18(21)23)17(22)20-14-6-4-5-13(19)11(14)2/h3-8,10H,1,9H2,2H3,(H,20,22). The quantitative estimate of drug-likeness (QED) is 0.729. The Balaban J connectivity index is 1.98.